The summed E-state index contributed by atoms with van der Waals surface area (Å²) in [5, 5.41) is 11.2. The SMILES string of the molecule is Cc1c(-c2c(F)cc(C(N)=O)c3[nH]c4c(c23)CC[C@H](C(C)(C)O)C4)cccc1N1C(=O)c2cccc(F)c2C(C)C1=O. The van der Waals surface area contributed by atoms with Crippen LogP contribution in [0.3, 0.4) is 0 Å². The van der Waals surface area contributed by atoms with E-state index in [0.29, 0.717) is 41.3 Å². The molecule has 4 aromatic rings. The van der Waals surface area contributed by atoms with Crippen LogP contribution in [0.5, 0.6) is 0 Å². The molecule has 2 atom stereocenters. The summed E-state index contributed by atoms with van der Waals surface area (Å²) in [5.74, 6) is -4.24. The van der Waals surface area contributed by atoms with E-state index in [1.165, 1.54) is 18.2 Å². The predicted molar refractivity (Wildman–Crippen MR) is 155 cm³/mol. The van der Waals surface area contributed by atoms with Crippen LogP contribution in [0.4, 0.5) is 14.5 Å². The Bertz CT molecular complexity index is 1840. The molecule has 3 amide bonds. The highest BCUT2D eigenvalue weighted by Crippen LogP contribution is 2.45. The molecule has 0 bridgehead atoms. The van der Waals surface area contributed by atoms with E-state index < -0.39 is 40.9 Å². The molecular formula is C33H31F2N3O4. The van der Waals surface area contributed by atoms with Gasteiger partial charge in [0.15, 0.2) is 0 Å². The molecule has 42 heavy (non-hydrogen) atoms. The molecule has 1 unspecified atom stereocenters. The molecule has 2 heterocycles. The van der Waals surface area contributed by atoms with Crippen LogP contribution < -0.4 is 10.6 Å². The minimum atomic E-state index is -0.924. The Hall–Kier alpha value is -4.37. The van der Waals surface area contributed by atoms with Crippen LogP contribution in [-0.4, -0.2) is 33.4 Å². The first-order chi connectivity index (χ1) is 19.8. The Morgan fingerprint density at radius 3 is 2.48 bits per heavy atom. The van der Waals surface area contributed by atoms with Crippen molar-refractivity contribution in [1.29, 1.82) is 0 Å². The molecule has 7 nitrogen and oxygen atoms in total. The van der Waals surface area contributed by atoms with E-state index in [9.17, 15) is 23.9 Å². The zero-order chi connectivity index (χ0) is 30.2. The van der Waals surface area contributed by atoms with Crippen molar-refractivity contribution in [2.24, 2.45) is 11.7 Å². The second-order valence-electron chi connectivity index (χ2n) is 11.9. The minimum Gasteiger partial charge on any atom is -0.390 e. The first-order valence-corrected chi connectivity index (χ1v) is 14.0. The number of anilines is 1. The zero-order valence-corrected chi connectivity index (χ0v) is 23.8. The minimum absolute atomic E-state index is 0.0168. The summed E-state index contributed by atoms with van der Waals surface area (Å²) in [6.45, 7) is 6.78. The maximum Gasteiger partial charge on any atom is 0.265 e. The molecule has 9 heteroatoms. The Kier molecular flexibility index (Phi) is 6.34. The van der Waals surface area contributed by atoms with Crippen molar-refractivity contribution in [2.45, 2.75) is 58.5 Å². The molecule has 3 aromatic carbocycles. The van der Waals surface area contributed by atoms with Crippen LogP contribution in [0.25, 0.3) is 22.0 Å². The Morgan fingerprint density at radius 1 is 1.10 bits per heavy atom. The van der Waals surface area contributed by atoms with Gasteiger partial charge in [-0.2, -0.15) is 0 Å². The van der Waals surface area contributed by atoms with E-state index in [2.05, 4.69) is 4.98 Å². The summed E-state index contributed by atoms with van der Waals surface area (Å²) in [7, 11) is 0. The van der Waals surface area contributed by atoms with Gasteiger partial charge in [0.25, 0.3) is 11.8 Å². The number of hydrogen-bond donors (Lipinski definition) is 3. The first kappa shape index (κ1) is 27.8. The van der Waals surface area contributed by atoms with Gasteiger partial charge in [0.1, 0.15) is 11.6 Å². The van der Waals surface area contributed by atoms with Gasteiger partial charge in [0, 0.05) is 27.8 Å². The van der Waals surface area contributed by atoms with E-state index in [1.807, 2.05) is 0 Å². The summed E-state index contributed by atoms with van der Waals surface area (Å²) in [6.07, 6.45) is 1.71. The average Bonchev–Trinajstić information content (AvgIpc) is 3.30. The second-order valence-corrected chi connectivity index (χ2v) is 11.9. The first-order valence-electron chi connectivity index (χ1n) is 14.0. The molecule has 0 spiro atoms. The second kappa shape index (κ2) is 9.59. The molecule has 4 N–H and O–H groups in total. The number of amides is 3. The van der Waals surface area contributed by atoms with E-state index >= 15 is 4.39 Å². The van der Waals surface area contributed by atoms with Gasteiger partial charge in [-0.15, -0.1) is 0 Å². The molecule has 0 fully saturated rings. The Balaban J connectivity index is 1.56. The highest BCUT2D eigenvalue weighted by atomic mass is 19.1. The van der Waals surface area contributed by atoms with Crippen LogP contribution in [0.1, 0.15) is 76.2 Å². The van der Waals surface area contributed by atoms with Crippen molar-refractivity contribution in [3.63, 3.8) is 0 Å². The van der Waals surface area contributed by atoms with Crippen molar-refractivity contribution in [2.75, 3.05) is 4.90 Å². The largest absolute Gasteiger partial charge is 0.390 e. The van der Waals surface area contributed by atoms with E-state index in [1.54, 1.807) is 45.9 Å². The molecule has 216 valence electrons. The number of aryl methyl sites for hydroxylation is 1. The number of imide groups is 1. The fraction of sp³-hybridized carbons (Fsp3) is 0.303. The fourth-order valence-electron chi connectivity index (χ4n) is 6.70. The third-order valence-electron chi connectivity index (χ3n) is 9.00. The van der Waals surface area contributed by atoms with E-state index in [0.717, 1.165) is 22.2 Å². The van der Waals surface area contributed by atoms with Crippen molar-refractivity contribution >= 4 is 34.3 Å². The quantitative estimate of drug-likeness (QED) is 0.273. The van der Waals surface area contributed by atoms with Gasteiger partial charge >= 0.3 is 0 Å². The third-order valence-corrected chi connectivity index (χ3v) is 9.00. The van der Waals surface area contributed by atoms with Gasteiger partial charge in [0.2, 0.25) is 5.91 Å². The lowest BCUT2D eigenvalue weighted by atomic mass is 9.77. The summed E-state index contributed by atoms with van der Waals surface area (Å²) >= 11 is 0. The molecule has 1 aromatic heterocycles. The van der Waals surface area contributed by atoms with Gasteiger partial charge in [-0.3, -0.25) is 14.4 Å². The van der Waals surface area contributed by atoms with Crippen LogP contribution in [0.15, 0.2) is 42.5 Å². The van der Waals surface area contributed by atoms with Gasteiger partial charge < -0.3 is 15.8 Å². The number of primary amides is 1. The number of fused-ring (bicyclic) bond motifs is 4. The molecule has 2 aliphatic rings. The van der Waals surface area contributed by atoms with Crippen molar-refractivity contribution in [1.82, 2.24) is 4.98 Å². The summed E-state index contributed by atoms with van der Waals surface area (Å²) < 4.78 is 30.7. The average molecular weight is 572 g/mol. The monoisotopic (exact) mass is 571 g/mol. The normalized spacial score (nSPS) is 18.8. The Labute approximate surface area is 241 Å². The van der Waals surface area contributed by atoms with Crippen LogP contribution >= 0.6 is 0 Å². The van der Waals surface area contributed by atoms with Crippen LogP contribution in [0, 0.1) is 24.5 Å². The fourth-order valence-corrected chi connectivity index (χ4v) is 6.70. The summed E-state index contributed by atoms with van der Waals surface area (Å²) in [4.78, 5) is 43.8. The number of rotatable bonds is 4. The molecule has 1 aliphatic carbocycles. The molecule has 0 radical (unpaired) electrons. The smallest absolute Gasteiger partial charge is 0.265 e. The van der Waals surface area contributed by atoms with Gasteiger partial charge in [-0.1, -0.05) is 18.2 Å². The van der Waals surface area contributed by atoms with Crippen LogP contribution in [-0.2, 0) is 17.6 Å². The molecule has 0 saturated heterocycles. The number of carbonyl (C=O) groups is 3. The predicted octanol–water partition coefficient (Wildman–Crippen LogP) is 5.69. The maximum absolute atomic E-state index is 16.1. The van der Waals surface area contributed by atoms with Crippen molar-refractivity contribution in [3.8, 4) is 11.1 Å². The topological polar surface area (TPSA) is 116 Å². The number of nitrogens with zero attached hydrogens (tertiary/aromatic N) is 1. The zero-order valence-electron chi connectivity index (χ0n) is 23.8. The number of benzene rings is 3. The number of H-pyrrole nitrogens is 1. The Morgan fingerprint density at radius 2 is 1.79 bits per heavy atom. The summed E-state index contributed by atoms with van der Waals surface area (Å²) in [5.41, 5.74) is 8.39. The van der Waals surface area contributed by atoms with E-state index in [-0.39, 0.29) is 33.9 Å². The lowest BCUT2D eigenvalue weighted by Gasteiger charge is -2.33. The van der Waals surface area contributed by atoms with Gasteiger partial charge in [-0.25, -0.2) is 13.7 Å². The molecular weight excluding hydrogens is 540 g/mol. The number of aromatic nitrogens is 1. The van der Waals surface area contributed by atoms with E-state index in [4.69, 9.17) is 5.73 Å². The highest BCUT2D eigenvalue weighted by Gasteiger charge is 2.40. The highest BCUT2D eigenvalue weighted by molar-refractivity contribution is 6.26. The lowest BCUT2D eigenvalue weighted by Crippen LogP contribution is -2.45. The number of hydrogen-bond acceptors (Lipinski definition) is 4. The standard InChI is InChI=1S/C33H31F2N3O4/c1-15-18(7-6-10-25(15)38-31(40)16(2)26-20(32(38)41)8-5-9-22(26)34)27-23(35)14-21(30(36)39)29-28(27)19-12-11-17(33(3,4)42)13-24(19)37-29/h5-10,14,16-17,37,42H,11-13H2,1-4H3,(H2,36,39)/t16?,17-/m0/s1. The number of nitrogens with two attached hydrogens (primary N) is 1. The molecule has 6 rings (SSSR count). The van der Waals surface area contributed by atoms with Crippen molar-refractivity contribution < 1.29 is 28.3 Å². The number of halogens is 2. The van der Waals surface area contributed by atoms with Gasteiger partial charge in [-0.05, 0) is 93.8 Å². The number of carbonyl (C=O) groups excluding carboxylic acids is 3. The molecule has 1 aliphatic heterocycles. The van der Waals surface area contributed by atoms with Crippen molar-refractivity contribution in [3.05, 3.63) is 87.6 Å². The maximum atomic E-state index is 16.1. The van der Waals surface area contributed by atoms with Crippen LogP contribution in [0.2, 0.25) is 0 Å². The molecule has 0 saturated carbocycles. The lowest BCUT2D eigenvalue weighted by molar-refractivity contribution is -0.119. The van der Waals surface area contributed by atoms with Gasteiger partial charge in [0.05, 0.1) is 28.3 Å². The number of aliphatic hydroxyl groups is 1. The number of nitrogens with one attached hydrogen (secondary N) is 1. The number of aromatic amines is 1. The summed E-state index contributed by atoms with van der Waals surface area (Å²) in [6, 6.07) is 10.2. The third kappa shape index (κ3) is 4.06.